The molecule has 0 unspecified atom stereocenters. The molecular formula is C25H37N3O5S. The Morgan fingerprint density at radius 3 is 2.53 bits per heavy atom. The summed E-state index contributed by atoms with van der Waals surface area (Å²) >= 11 is 0. The summed E-state index contributed by atoms with van der Waals surface area (Å²) in [6.45, 7) is 6.89. The quantitative estimate of drug-likeness (QED) is 0.577. The first kappa shape index (κ1) is 26.2. The molecule has 0 radical (unpaired) electrons. The highest BCUT2D eigenvalue weighted by molar-refractivity contribution is 7.90. The predicted octanol–water partition coefficient (Wildman–Crippen LogP) is 4.27. The molecule has 1 amide bonds. The van der Waals surface area contributed by atoms with Crippen molar-refractivity contribution < 1.29 is 22.7 Å². The minimum absolute atomic E-state index is 0.0323. The molecule has 3 rings (SSSR count). The van der Waals surface area contributed by atoms with Gasteiger partial charge < -0.3 is 10.1 Å². The molecular weight excluding hydrogens is 454 g/mol. The van der Waals surface area contributed by atoms with Crippen LogP contribution < -0.4 is 10.0 Å². The number of benzene rings is 1. The summed E-state index contributed by atoms with van der Waals surface area (Å²) in [6.07, 6.45) is 7.00. The van der Waals surface area contributed by atoms with Gasteiger partial charge in [-0.2, -0.15) is 0 Å². The van der Waals surface area contributed by atoms with Crippen molar-refractivity contribution in [1.29, 1.82) is 0 Å². The van der Waals surface area contributed by atoms with Crippen molar-refractivity contribution in [1.82, 2.24) is 4.72 Å². The number of amidine groups is 1. The van der Waals surface area contributed by atoms with Crippen LogP contribution in [-0.2, 0) is 24.3 Å². The van der Waals surface area contributed by atoms with Crippen LogP contribution in [0.1, 0.15) is 72.1 Å². The van der Waals surface area contributed by atoms with E-state index in [4.69, 9.17) is 4.74 Å². The van der Waals surface area contributed by atoms with Crippen molar-refractivity contribution in [3.8, 4) is 0 Å². The average Bonchev–Trinajstić information content (AvgIpc) is 3.05. The van der Waals surface area contributed by atoms with Gasteiger partial charge in [0.15, 0.2) is 6.61 Å². The standard InChI is InChI=1S/C25H37N3O5S/c1-25(2,3)19-13-11-18(12-14-19)24(30)33-17-23(29)27-20-8-7-9-21(16-20)34(31,32)28-22-10-5-4-6-15-26-22/h7-9,16,18-19H,4-6,10-15,17H2,1-3H3,(H,26,28)(H,27,29). The van der Waals surface area contributed by atoms with Gasteiger partial charge in [-0.1, -0.05) is 33.3 Å². The van der Waals surface area contributed by atoms with Crippen molar-refractivity contribution in [2.75, 3.05) is 18.5 Å². The second kappa shape index (κ2) is 11.3. The number of hydrogen-bond acceptors (Lipinski definition) is 6. The summed E-state index contributed by atoms with van der Waals surface area (Å²) < 4.78 is 33.3. The highest BCUT2D eigenvalue weighted by atomic mass is 32.2. The number of esters is 1. The van der Waals surface area contributed by atoms with Crippen molar-refractivity contribution >= 4 is 33.4 Å². The summed E-state index contributed by atoms with van der Waals surface area (Å²) in [5.41, 5.74) is 0.549. The summed E-state index contributed by atoms with van der Waals surface area (Å²) in [7, 11) is -3.81. The lowest BCUT2D eigenvalue weighted by Gasteiger charge is -2.36. The molecule has 0 saturated heterocycles. The largest absolute Gasteiger partial charge is 0.455 e. The number of hydrogen-bond donors (Lipinski definition) is 2. The van der Waals surface area contributed by atoms with Crippen LogP contribution in [0, 0.1) is 17.3 Å². The second-order valence-corrected chi connectivity index (χ2v) is 12.0. The lowest BCUT2D eigenvalue weighted by molar-refractivity contribution is -0.153. The summed E-state index contributed by atoms with van der Waals surface area (Å²) in [4.78, 5) is 29.1. The predicted molar refractivity (Wildman–Crippen MR) is 132 cm³/mol. The van der Waals surface area contributed by atoms with Gasteiger partial charge in [-0.25, -0.2) is 8.42 Å². The molecule has 1 aliphatic heterocycles. The van der Waals surface area contributed by atoms with Crippen molar-refractivity contribution in [3.05, 3.63) is 24.3 Å². The molecule has 1 aliphatic carbocycles. The maximum Gasteiger partial charge on any atom is 0.309 e. The van der Waals surface area contributed by atoms with E-state index in [-0.39, 0.29) is 22.2 Å². The van der Waals surface area contributed by atoms with E-state index in [2.05, 4.69) is 35.8 Å². The van der Waals surface area contributed by atoms with Gasteiger partial charge in [-0.3, -0.25) is 19.3 Å². The smallest absolute Gasteiger partial charge is 0.309 e. The Morgan fingerprint density at radius 1 is 1.09 bits per heavy atom. The Kier molecular flexibility index (Phi) is 8.73. The van der Waals surface area contributed by atoms with Crippen LogP contribution in [0.3, 0.4) is 0 Å². The number of nitrogens with zero attached hydrogens (tertiary/aromatic N) is 1. The molecule has 8 nitrogen and oxygen atoms in total. The van der Waals surface area contributed by atoms with Crippen LogP contribution in [0.15, 0.2) is 34.2 Å². The lowest BCUT2D eigenvalue weighted by Crippen LogP contribution is -2.31. The highest BCUT2D eigenvalue weighted by Crippen LogP contribution is 2.40. The number of sulfonamides is 1. The van der Waals surface area contributed by atoms with Gasteiger partial charge in [0.1, 0.15) is 5.84 Å². The van der Waals surface area contributed by atoms with Crippen LogP contribution in [0.25, 0.3) is 0 Å². The fourth-order valence-corrected chi connectivity index (χ4v) is 5.69. The fraction of sp³-hybridized carbons (Fsp3) is 0.640. The molecule has 0 aromatic heterocycles. The van der Waals surface area contributed by atoms with Gasteiger partial charge in [0, 0.05) is 18.7 Å². The van der Waals surface area contributed by atoms with E-state index in [1.165, 1.54) is 12.1 Å². The maximum absolute atomic E-state index is 12.8. The normalized spacial score (nSPS) is 21.7. The first-order valence-electron chi connectivity index (χ1n) is 12.2. The van der Waals surface area contributed by atoms with Gasteiger partial charge >= 0.3 is 5.97 Å². The lowest BCUT2D eigenvalue weighted by atomic mass is 9.70. The number of ether oxygens (including phenoxy) is 1. The third-order valence-corrected chi connectivity index (χ3v) is 8.06. The van der Waals surface area contributed by atoms with Crippen LogP contribution in [0.4, 0.5) is 5.69 Å². The van der Waals surface area contributed by atoms with E-state index >= 15 is 0 Å². The molecule has 0 spiro atoms. The Balaban J connectivity index is 1.50. The van der Waals surface area contributed by atoms with Gasteiger partial charge in [-0.15, -0.1) is 0 Å². The molecule has 1 aromatic rings. The first-order valence-corrected chi connectivity index (χ1v) is 13.7. The Hall–Kier alpha value is -2.42. The Labute approximate surface area is 203 Å². The second-order valence-electron chi connectivity index (χ2n) is 10.3. The van der Waals surface area contributed by atoms with E-state index in [1.807, 2.05) is 0 Å². The van der Waals surface area contributed by atoms with Crippen molar-refractivity contribution in [3.63, 3.8) is 0 Å². The summed E-state index contributed by atoms with van der Waals surface area (Å²) in [5, 5.41) is 2.61. The summed E-state index contributed by atoms with van der Waals surface area (Å²) in [5.74, 6) is 0.0420. The molecule has 2 N–H and O–H groups in total. The number of nitrogens with one attached hydrogen (secondary N) is 2. The zero-order chi connectivity index (χ0) is 24.8. The zero-order valence-corrected chi connectivity index (χ0v) is 21.2. The van der Waals surface area contributed by atoms with E-state index in [9.17, 15) is 18.0 Å². The SMILES string of the molecule is CC(C)(C)C1CCC(C(=O)OCC(=O)Nc2cccc(S(=O)(=O)NC3=NCCCCC3)c2)CC1. The highest BCUT2D eigenvalue weighted by Gasteiger charge is 2.33. The molecule has 0 bridgehead atoms. The van der Waals surface area contributed by atoms with Crippen LogP contribution in [-0.4, -0.2) is 39.3 Å². The van der Waals surface area contributed by atoms with E-state index < -0.39 is 22.5 Å². The van der Waals surface area contributed by atoms with Gasteiger partial charge in [0.2, 0.25) is 0 Å². The van der Waals surface area contributed by atoms with E-state index in [0.717, 1.165) is 44.9 Å². The Morgan fingerprint density at radius 2 is 1.82 bits per heavy atom. The molecule has 0 atom stereocenters. The molecule has 9 heteroatoms. The van der Waals surface area contributed by atoms with Gasteiger partial charge in [0.05, 0.1) is 10.8 Å². The number of anilines is 1. The molecule has 1 aromatic carbocycles. The van der Waals surface area contributed by atoms with Crippen LogP contribution >= 0.6 is 0 Å². The number of amides is 1. The average molecular weight is 492 g/mol. The van der Waals surface area contributed by atoms with E-state index in [1.54, 1.807) is 12.1 Å². The van der Waals surface area contributed by atoms with E-state index in [0.29, 0.717) is 30.4 Å². The minimum Gasteiger partial charge on any atom is -0.455 e. The third-order valence-electron chi connectivity index (χ3n) is 6.69. The topological polar surface area (TPSA) is 114 Å². The molecule has 1 saturated carbocycles. The number of carbonyl (C=O) groups is 2. The van der Waals surface area contributed by atoms with Crippen molar-refractivity contribution in [2.45, 2.75) is 77.0 Å². The van der Waals surface area contributed by atoms with Crippen LogP contribution in [0.5, 0.6) is 0 Å². The third kappa shape index (κ3) is 7.55. The molecule has 188 valence electrons. The van der Waals surface area contributed by atoms with Crippen LogP contribution in [0.2, 0.25) is 0 Å². The monoisotopic (exact) mass is 491 g/mol. The van der Waals surface area contributed by atoms with Crippen molar-refractivity contribution in [2.24, 2.45) is 22.2 Å². The molecule has 1 heterocycles. The fourth-order valence-electron chi connectivity index (χ4n) is 4.56. The first-order chi connectivity index (χ1) is 16.0. The van der Waals surface area contributed by atoms with Gasteiger partial charge in [-0.05, 0) is 68.1 Å². The summed E-state index contributed by atoms with van der Waals surface area (Å²) in [6, 6.07) is 5.99. The number of rotatable bonds is 6. The molecule has 34 heavy (non-hydrogen) atoms. The molecule has 1 fully saturated rings. The minimum atomic E-state index is -3.81. The molecule has 2 aliphatic rings. The Bertz CT molecular complexity index is 1010. The van der Waals surface area contributed by atoms with Gasteiger partial charge in [0.25, 0.3) is 15.9 Å². The maximum atomic E-state index is 12.8. The number of aliphatic imine (C=N–C) groups is 1. The zero-order valence-electron chi connectivity index (χ0n) is 20.4. The number of carbonyl (C=O) groups excluding carboxylic acids is 2.